The zero-order valence-corrected chi connectivity index (χ0v) is 18.4. The van der Waals surface area contributed by atoms with E-state index < -0.39 is 0 Å². The molecule has 0 aliphatic carbocycles. The molecule has 2 aromatic carbocycles. The number of rotatable bonds is 5. The summed E-state index contributed by atoms with van der Waals surface area (Å²) in [6.07, 6.45) is 4.26. The summed E-state index contributed by atoms with van der Waals surface area (Å²) >= 11 is 0. The summed E-state index contributed by atoms with van der Waals surface area (Å²) in [5.41, 5.74) is 2.63. The zero-order valence-electron chi connectivity index (χ0n) is 18.4. The van der Waals surface area contributed by atoms with Gasteiger partial charge in [-0.15, -0.1) is 0 Å². The lowest BCUT2D eigenvalue weighted by Crippen LogP contribution is -2.46. The summed E-state index contributed by atoms with van der Waals surface area (Å²) in [5, 5.41) is 3.03. The van der Waals surface area contributed by atoms with Crippen LogP contribution in [0.2, 0.25) is 0 Å². The van der Waals surface area contributed by atoms with Crippen LogP contribution in [0.5, 0.6) is 0 Å². The number of nitrogens with one attached hydrogen (secondary N) is 1. The molecule has 0 atom stereocenters. The van der Waals surface area contributed by atoms with E-state index in [1.54, 1.807) is 59.5 Å². The van der Waals surface area contributed by atoms with E-state index in [9.17, 15) is 19.2 Å². The number of furan rings is 1. The summed E-state index contributed by atoms with van der Waals surface area (Å²) in [7, 11) is 0. The molecule has 2 aliphatic rings. The van der Waals surface area contributed by atoms with Crippen molar-refractivity contribution in [3.63, 3.8) is 0 Å². The topological polar surface area (TPSA) is 99.9 Å². The maximum atomic E-state index is 12.7. The van der Waals surface area contributed by atoms with Gasteiger partial charge in [-0.3, -0.25) is 24.1 Å². The van der Waals surface area contributed by atoms with E-state index in [0.717, 1.165) is 5.56 Å². The molecule has 8 nitrogen and oxygen atoms in total. The lowest BCUT2D eigenvalue weighted by atomic mass is 10.0. The van der Waals surface area contributed by atoms with Gasteiger partial charge in [0, 0.05) is 24.7 Å². The molecule has 172 valence electrons. The number of imide groups is 1. The number of hydrogen-bond acceptors (Lipinski definition) is 5. The fourth-order valence-electron chi connectivity index (χ4n) is 4.39. The molecule has 34 heavy (non-hydrogen) atoms. The van der Waals surface area contributed by atoms with Crippen molar-refractivity contribution in [1.82, 2.24) is 15.1 Å². The number of fused-ring (bicyclic) bond motifs is 1. The van der Waals surface area contributed by atoms with Crippen LogP contribution in [0.4, 0.5) is 0 Å². The normalized spacial score (nSPS) is 16.0. The van der Waals surface area contributed by atoms with Crippen LogP contribution in [-0.4, -0.2) is 52.6 Å². The summed E-state index contributed by atoms with van der Waals surface area (Å²) in [6, 6.07) is 15.3. The molecule has 3 aromatic rings. The van der Waals surface area contributed by atoms with Crippen molar-refractivity contribution in [2.24, 2.45) is 0 Å². The van der Waals surface area contributed by atoms with Gasteiger partial charge in [0.2, 0.25) is 0 Å². The van der Waals surface area contributed by atoms with Crippen LogP contribution in [0.25, 0.3) is 0 Å². The quantitative estimate of drug-likeness (QED) is 0.594. The van der Waals surface area contributed by atoms with Crippen molar-refractivity contribution in [2.75, 3.05) is 13.1 Å². The Morgan fingerprint density at radius 2 is 1.53 bits per heavy atom. The number of hydrogen-bond donors (Lipinski definition) is 1. The number of carbonyl (C=O) groups is 4. The molecule has 0 bridgehead atoms. The zero-order chi connectivity index (χ0) is 23.7. The highest BCUT2D eigenvalue weighted by molar-refractivity contribution is 6.21. The molecule has 4 amide bonds. The van der Waals surface area contributed by atoms with Crippen molar-refractivity contribution < 1.29 is 23.6 Å². The molecule has 0 saturated carbocycles. The molecule has 0 spiro atoms. The van der Waals surface area contributed by atoms with E-state index in [1.807, 2.05) is 0 Å². The standard InChI is InChI=1S/C26H23N3O5/c30-23(27-20-9-12-28(13-10-20)24(31)19-11-14-34-16-19)18-7-5-17(6-8-18)15-29-25(32)21-3-1-2-4-22(21)26(29)33/h1-8,11,14,16,20H,9-10,12-13,15H2,(H,27,30). The summed E-state index contributed by atoms with van der Waals surface area (Å²) in [6.45, 7) is 1.28. The molecule has 2 aliphatic heterocycles. The lowest BCUT2D eigenvalue weighted by Gasteiger charge is -2.32. The van der Waals surface area contributed by atoms with Crippen molar-refractivity contribution >= 4 is 23.6 Å². The molecule has 0 unspecified atom stereocenters. The summed E-state index contributed by atoms with van der Waals surface area (Å²) in [4.78, 5) is 53.2. The number of likely N-dealkylation sites (tertiary alicyclic amines) is 1. The lowest BCUT2D eigenvalue weighted by molar-refractivity contribution is 0.0638. The third-order valence-corrected chi connectivity index (χ3v) is 6.32. The number of nitrogens with zero attached hydrogens (tertiary/aromatic N) is 2. The van der Waals surface area contributed by atoms with Crippen molar-refractivity contribution in [1.29, 1.82) is 0 Å². The predicted molar refractivity (Wildman–Crippen MR) is 122 cm³/mol. The van der Waals surface area contributed by atoms with Crippen LogP contribution in [0.1, 0.15) is 59.8 Å². The van der Waals surface area contributed by atoms with Gasteiger partial charge in [-0.25, -0.2) is 0 Å². The van der Waals surface area contributed by atoms with E-state index >= 15 is 0 Å². The van der Waals surface area contributed by atoms with E-state index in [4.69, 9.17) is 4.42 Å². The largest absolute Gasteiger partial charge is 0.472 e. The number of piperidine rings is 1. The fourth-order valence-corrected chi connectivity index (χ4v) is 4.39. The third-order valence-electron chi connectivity index (χ3n) is 6.32. The first kappa shape index (κ1) is 21.6. The van der Waals surface area contributed by atoms with Crippen molar-refractivity contribution in [3.05, 3.63) is 94.9 Å². The van der Waals surface area contributed by atoms with Gasteiger partial charge in [-0.05, 0) is 48.7 Å². The average molecular weight is 457 g/mol. The molecule has 5 rings (SSSR count). The Balaban J connectivity index is 1.15. The van der Waals surface area contributed by atoms with Gasteiger partial charge in [0.05, 0.1) is 29.5 Å². The summed E-state index contributed by atoms with van der Waals surface area (Å²) < 4.78 is 4.98. The number of carbonyl (C=O) groups excluding carboxylic acids is 4. The van der Waals surface area contributed by atoms with Gasteiger partial charge < -0.3 is 14.6 Å². The maximum Gasteiger partial charge on any atom is 0.261 e. The second-order valence-corrected chi connectivity index (χ2v) is 8.49. The van der Waals surface area contributed by atoms with Crippen LogP contribution >= 0.6 is 0 Å². The number of benzene rings is 2. The minimum Gasteiger partial charge on any atom is -0.472 e. The van der Waals surface area contributed by atoms with E-state index in [0.29, 0.717) is 48.2 Å². The van der Waals surface area contributed by atoms with Crippen molar-refractivity contribution in [3.8, 4) is 0 Å². The van der Waals surface area contributed by atoms with E-state index in [-0.39, 0.29) is 36.2 Å². The average Bonchev–Trinajstić information content (AvgIpc) is 3.49. The molecule has 1 aromatic heterocycles. The molecular weight excluding hydrogens is 434 g/mol. The van der Waals surface area contributed by atoms with Gasteiger partial charge in [0.25, 0.3) is 23.6 Å². The Hall–Kier alpha value is -4.20. The predicted octanol–water partition coefficient (Wildman–Crippen LogP) is 3.11. The van der Waals surface area contributed by atoms with Crippen molar-refractivity contribution in [2.45, 2.75) is 25.4 Å². The third kappa shape index (κ3) is 4.10. The van der Waals surface area contributed by atoms with Crippen LogP contribution in [0.15, 0.2) is 71.5 Å². The van der Waals surface area contributed by atoms with Gasteiger partial charge in [-0.2, -0.15) is 0 Å². The van der Waals surface area contributed by atoms with Gasteiger partial charge in [0.1, 0.15) is 6.26 Å². The Morgan fingerprint density at radius 3 is 2.12 bits per heavy atom. The van der Waals surface area contributed by atoms with Crippen LogP contribution in [-0.2, 0) is 6.54 Å². The molecule has 0 radical (unpaired) electrons. The highest BCUT2D eigenvalue weighted by Crippen LogP contribution is 2.24. The maximum absolute atomic E-state index is 12.7. The first-order valence-corrected chi connectivity index (χ1v) is 11.2. The number of amides is 4. The Morgan fingerprint density at radius 1 is 0.882 bits per heavy atom. The monoisotopic (exact) mass is 457 g/mol. The minimum atomic E-state index is -0.306. The molecule has 8 heteroatoms. The smallest absolute Gasteiger partial charge is 0.261 e. The Bertz CT molecular complexity index is 1210. The Labute approximate surface area is 196 Å². The Kier molecular flexibility index (Phi) is 5.71. The fraction of sp³-hybridized carbons (Fsp3) is 0.231. The van der Waals surface area contributed by atoms with Crippen LogP contribution in [0, 0.1) is 0 Å². The highest BCUT2D eigenvalue weighted by Gasteiger charge is 2.35. The molecule has 3 heterocycles. The molecule has 1 N–H and O–H groups in total. The molecule has 1 fully saturated rings. The highest BCUT2D eigenvalue weighted by atomic mass is 16.3. The summed E-state index contributed by atoms with van der Waals surface area (Å²) in [5.74, 6) is -0.862. The first-order valence-electron chi connectivity index (χ1n) is 11.2. The van der Waals surface area contributed by atoms with E-state index in [2.05, 4.69) is 5.32 Å². The van der Waals surface area contributed by atoms with Gasteiger partial charge in [0.15, 0.2) is 0 Å². The molecule has 1 saturated heterocycles. The van der Waals surface area contributed by atoms with E-state index in [1.165, 1.54) is 17.4 Å². The minimum absolute atomic E-state index is 0.0149. The van der Waals surface area contributed by atoms with Gasteiger partial charge >= 0.3 is 0 Å². The SMILES string of the molecule is O=C(NC1CCN(C(=O)c2ccoc2)CC1)c1ccc(CN2C(=O)c3ccccc3C2=O)cc1. The second-order valence-electron chi connectivity index (χ2n) is 8.49. The second kappa shape index (κ2) is 8.97. The van der Waals surface area contributed by atoms with Crippen LogP contribution in [0.3, 0.4) is 0 Å². The first-order chi connectivity index (χ1) is 16.5. The molecular formula is C26H23N3O5. The van der Waals surface area contributed by atoms with Crippen LogP contribution < -0.4 is 5.32 Å². The van der Waals surface area contributed by atoms with Gasteiger partial charge in [-0.1, -0.05) is 24.3 Å².